The second-order valence-electron chi connectivity index (χ2n) is 3.67. The van der Waals surface area contributed by atoms with E-state index in [0.717, 1.165) is 0 Å². The number of aromatic nitrogens is 1. The Labute approximate surface area is 110 Å². The van der Waals surface area contributed by atoms with Gasteiger partial charge in [0.25, 0.3) is 0 Å². The highest BCUT2D eigenvalue weighted by atomic mass is 19.3. The Balaban J connectivity index is 2.89. The quantitative estimate of drug-likeness (QED) is 0.893. The predicted molar refractivity (Wildman–Crippen MR) is 62.3 cm³/mol. The van der Waals surface area contributed by atoms with E-state index >= 15 is 0 Å². The number of rotatable bonds is 4. The molecule has 0 aliphatic heterocycles. The highest BCUT2D eigenvalue weighted by Gasteiger charge is 2.27. The first-order chi connectivity index (χ1) is 9.41. The van der Waals surface area contributed by atoms with E-state index in [-0.39, 0.29) is 10.9 Å². The van der Waals surface area contributed by atoms with Gasteiger partial charge in [0.15, 0.2) is 11.4 Å². The molecule has 2 N–H and O–H groups in total. The molecule has 0 aliphatic carbocycles. The van der Waals surface area contributed by atoms with Crippen molar-refractivity contribution < 1.29 is 33.3 Å². The van der Waals surface area contributed by atoms with E-state index in [2.05, 4.69) is 9.72 Å². The fourth-order valence-corrected chi connectivity index (χ4v) is 1.75. The Morgan fingerprint density at radius 3 is 2.35 bits per heavy atom. The summed E-state index contributed by atoms with van der Waals surface area (Å²) >= 11 is 0. The largest absolute Gasteiger partial charge is 0.477 e. The molecule has 6 nitrogen and oxygen atoms in total. The van der Waals surface area contributed by atoms with Gasteiger partial charge < -0.3 is 14.9 Å². The molecule has 1 heterocycles. The maximum atomic E-state index is 12.4. The number of halogens is 2. The minimum Gasteiger partial charge on any atom is -0.477 e. The zero-order valence-corrected chi connectivity index (χ0v) is 9.71. The molecule has 0 bridgehead atoms. The van der Waals surface area contributed by atoms with Crippen LogP contribution in [0.5, 0.6) is 5.75 Å². The van der Waals surface area contributed by atoms with Crippen LogP contribution in [0.1, 0.15) is 20.8 Å². The van der Waals surface area contributed by atoms with E-state index in [1.54, 1.807) is 0 Å². The second-order valence-corrected chi connectivity index (χ2v) is 3.67. The van der Waals surface area contributed by atoms with E-state index in [0.29, 0.717) is 0 Å². The van der Waals surface area contributed by atoms with Gasteiger partial charge >= 0.3 is 18.6 Å². The number of nitrogens with zero attached hydrogens (tertiary/aromatic N) is 1. The average Bonchev–Trinajstić information content (AvgIpc) is 2.37. The van der Waals surface area contributed by atoms with E-state index in [4.69, 9.17) is 10.2 Å². The molecule has 0 amide bonds. The molecule has 0 saturated heterocycles. The van der Waals surface area contributed by atoms with Crippen molar-refractivity contribution in [2.45, 2.75) is 6.61 Å². The van der Waals surface area contributed by atoms with E-state index < -0.39 is 35.6 Å². The van der Waals surface area contributed by atoms with Crippen molar-refractivity contribution in [1.82, 2.24) is 4.98 Å². The zero-order chi connectivity index (χ0) is 14.9. The molecule has 2 aromatic rings. The smallest absolute Gasteiger partial charge is 0.387 e. The monoisotopic (exact) mass is 283 g/mol. The highest BCUT2D eigenvalue weighted by molar-refractivity contribution is 6.07. The third-order valence-corrected chi connectivity index (χ3v) is 2.47. The molecule has 1 aromatic carbocycles. The van der Waals surface area contributed by atoms with Gasteiger partial charge in [-0.25, -0.2) is 14.6 Å². The summed E-state index contributed by atoms with van der Waals surface area (Å²) < 4.78 is 29.1. The SMILES string of the molecule is O=C(O)c1nc2ccccc2c(OC(F)F)c1C(=O)O. The fourth-order valence-electron chi connectivity index (χ4n) is 1.75. The standard InChI is InChI=1S/C12H7F2NO5/c13-12(14)20-9-5-3-1-2-4-6(5)15-8(11(18)19)7(9)10(16)17/h1-4,12H,(H,16,17)(H,18,19). The Hall–Kier alpha value is -2.77. The molecule has 0 fully saturated rings. The Bertz CT molecular complexity index is 702. The van der Waals surface area contributed by atoms with Crippen molar-refractivity contribution in [3.05, 3.63) is 35.5 Å². The van der Waals surface area contributed by atoms with Gasteiger partial charge in [0, 0.05) is 5.39 Å². The van der Waals surface area contributed by atoms with Gasteiger partial charge in [-0.05, 0) is 12.1 Å². The summed E-state index contributed by atoms with van der Waals surface area (Å²) in [6.45, 7) is -3.29. The van der Waals surface area contributed by atoms with Gasteiger partial charge in [-0.1, -0.05) is 12.1 Å². The van der Waals surface area contributed by atoms with Crippen LogP contribution < -0.4 is 4.74 Å². The summed E-state index contributed by atoms with van der Waals surface area (Å²) in [6, 6.07) is 5.66. The molecule has 20 heavy (non-hydrogen) atoms. The van der Waals surface area contributed by atoms with Crippen molar-refractivity contribution >= 4 is 22.8 Å². The summed E-state index contributed by atoms with van der Waals surface area (Å²) in [6.07, 6.45) is 0. The number of fused-ring (bicyclic) bond motifs is 1. The van der Waals surface area contributed by atoms with Gasteiger partial charge in [0.1, 0.15) is 5.56 Å². The molecule has 0 aliphatic rings. The van der Waals surface area contributed by atoms with Crippen molar-refractivity contribution in [2.75, 3.05) is 0 Å². The molecule has 0 saturated carbocycles. The number of alkyl halides is 2. The van der Waals surface area contributed by atoms with Gasteiger partial charge in [-0.3, -0.25) is 0 Å². The maximum Gasteiger partial charge on any atom is 0.387 e. The molecular formula is C12H7F2NO5. The van der Waals surface area contributed by atoms with E-state index in [1.165, 1.54) is 24.3 Å². The average molecular weight is 283 g/mol. The Kier molecular flexibility index (Phi) is 3.47. The molecule has 1 aromatic heterocycles. The van der Waals surface area contributed by atoms with Gasteiger partial charge in [-0.2, -0.15) is 8.78 Å². The number of benzene rings is 1. The van der Waals surface area contributed by atoms with Gasteiger partial charge in [0.2, 0.25) is 0 Å². The van der Waals surface area contributed by atoms with Crippen LogP contribution in [0.2, 0.25) is 0 Å². The summed E-state index contributed by atoms with van der Waals surface area (Å²) in [7, 11) is 0. The first-order valence-electron chi connectivity index (χ1n) is 5.26. The second kappa shape index (κ2) is 5.08. The van der Waals surface area contributed by atoms with Crippen LogP contribution in [0.3, 0.4) is 0 Å². The number of hydrogen-bond donors (Lipinski definition) is 2. The Morgan fingerprint density at radius 2 is 1.80 bits per heavy atom. The number of para-hydroxylation sites is 1. The Morgan fingerprint density at radius 1 is 1.15 bits per heavy atom. The number of ether oxygens (including phenoxy) is 1. The molecule has 0 spiro atoms. The first-order valence-corrected chi connectivity index (χ1v) is 5.26. The highest BCUT2D eigenvalue weighted by Crippen LogP contribution is 2.32. The van der Waals surface area contributed by atoms with Crippen LogP contribution in [0.15, 0.2) is 24.3 Å². The lowest BCUT2D eigenvalue weighted by Gasteiger charge is -2.12. The lowest BCUT2D eigenvalue weighted by Crippen LogP contribution is -2.15. The molecule has 2 rings (SSSR count). The van der Waals surface area contributed by atoms with Crippen LogP contribution in [0.25, 0.3) is 10.9 Å². The normalized spacial score (nSPS) is 10.8. The van der Waals surface area contributed by atoms with Gasteiger partial charge in [0.05, 0.1) is 5.52 Å². The minimum absolute atomic E-state index is 0.00444. The third-order valence-electron chi connectivity index (χ3n) is 2.47. The molecule has 8 heteroatoms. The predicted octanol–water partition coefficient (Wildman–Crippen LogP) is 2.23. The summed E-state index contributed by atoms with van der Waals surface area (Å²) in [5, 5.41) is 18.0. The van der Waals surface area contributed by atoms with E-state index in [1.807, 2.05) is 0 Å². The van der Waals surface area contributed by atoms with Crippen LogP contribution in [0, 0.1) is 0 Å². The summed E-state index contributed by atoms with van der Waals surface area (Å²) in [5.41, 5.74) is -1.71. The van der Waals surface area contributed by atoms with Crippen LogP contribution in [-0.2, 0) is 0 Å². The number of hydrogen-bond acceptors (Lipinski definition) is 4. The summed E-state index contributed by atoms with van der Waals surface area (Å²) in [4.78, 5) is 25.8. The molecule has 0 radical (unpaired) electrons. The maximum absolute atomic E-state index is 12.4. The van der Waals surface area contributed by atoms with Gasteiger partial charge in [-0.15, -0.1) is 0 Å². The molecular weight excluding hydrogens is 276 g/mol. The van der Waals surface area contributed by atoms with Crippen molar-refractivity contribution in [3.8, 4) is 5.75 Å². The molecule has 104 valence electrons. The van der Waals surface area contributed by atoms with Crippen molar-refractivity contribution in [2.24, 2.45) is 0 Å². The van der Waals surface area contributed by atoms with Crippen molar-refractivity contribution in [1.29, 1.82) is 0 Å². The lowest BCUT2D eigenvalue weighted by molar-refractivity contribution is -0.0494. The van der Waals surface area contributed by atoms with Crippen LogP contribution >= 0.6 is 0 Å². The summed E-state index contributed by atoms with van der Waals surface area (Å²) in [5.74, 6) is -4.07. The molecule has 0 atom stereocenters. The molecule has 0 unspecified atom stereocenters. The number of pyridine rings is 1. The minimum atomic E-state index is -3.29. The number of carboxylic acid groups (broad SMARTS) is 2. The van der Waals surface area contributed by atoms with E-state index in [9.17, 15) is 18.4 Å². The third kappa shape index (κ3) is 2.35. The van der Waals surface area contributed by atoms with Crippen LogP contribution in [-0.4, -0.2) is 33.7 Å². The fraction of sp³-hybridized carbons (Fsp3) is 0.0833. The zero-order valence-electron chi connectivity index (χ0n) is 9.71. The first kappa shape index (κ1) is 13.7. The van der Waals surface area contributed by atoms with Crippen molar-refractivity contribution in [3.63, 3.8) is 0 Å². The number of carboxylic acids is 2. The van der Waals surface area contributed by atoms with Crippen LogP contribution in [0.4, 0.5) is 8.78 Å². The number of carbonyl (C=O) groups is 2. The lowest BCUT2D eigenvalue weighted by atomic mass is 10.1. The topological polar surface area (TPSA) is 96.7 Å². The number of aromatic carboxylic acids is 2.